The van der Waals surface area contributed by atoms with Crippen molar-refractivity contribution >= 4 is 28.3 Å². The second kappa shape index (κ2) is 7.55. The third-order valence-electron chi connectivity index (χ3n) is 4.82. The molecule has 1 aliphatic carbocycles. The number of carbonyl (C=O) groups is 2. The Bertz CT molecular complexity index is 800. The van der Waals surface area contributed by atoms with Gasteiger partial charge in [-0.25, -0.2) is 4.98 Å². The van der Waals surface area contributed by atoms with E-state index in [1.54, 1.807) is 12.1 Å². The average Bonchev–Trinajstić information content (AvgIpc) is 3.37. The number of anilines is 1. The van der Waals surface area contributed by atoms with Gasteiger partial charge in [0.05, 0.1) is 17.7 Å². The summed E-state index contributed by atoms with van der Waals surface area (Å²) in [5, 5.41) is 6.39. The zero-order chi connectivity index (χ0) is 17.9. The Hall–Kier alpha value is -2.25. The third-order valence-corrected chi connectivity index (χ3v) is 5.86. The maximum atomic E-state index is 12.5. The number of nitrogens with one attached hydrogen (secondary N) is 2. The molecule has 136 valence electrons. The fourth-order valence-electron chi connectivity index (χ4n) is 3.44. The van der Waals surface area contributed by atoms with Crippen LogP contribution in [-0.4, -0.2) is 36.1 Å². The SMILES string of the molecule is O=C(Nc1nc2c(s1)CCC2C(=O)NCC1CCCO1)c1ccccc1. The first-order valence-electron chi connectivity index (χ1n) is 8.96. The van der Waals surface area contributed by atoms with Crippen molar-refractivity contribution in [3.8, 4) is 0 Å². The predicted molar refractivity (Wildman–Crippen MR) is 99.6 cm³/mol. The quantitative estimate of drug-likeness (QED) is 0.847. The zero-order valence-electron chi connectivity index (χ0n) is 14.4. The fourth-order valence-corrected chi connectivity index (χ4v) is 4.47. The number of fused-ring (bicyclic) bond motifs is 1. The second-order valence-electron chi connectivity index (χ2n) is 6.62. The predicted octanol–water partition coefficient (Wildman–Crippen LogP) is 2.72. The van der Waals surface area contributed by atoms with Crippen molar-refractivity contribution in [2.75, 3.05) is 18.5 Å². The largest absolute Gasteiger partial charge is 0.376 e. The highest BCUT2D eigenvalue weighted by Crippen LogP contribution is 2.38. The number of amides is 2. The lowest BCUT2D eigenvalue weighted by atomic mass is 10.1. The van der Waals surface area contributed by atoms with Gasteiger partial charge in [0.2, 0.25) is 5.91 Å². The van der Waals surface area contributed by atoms with Gasteiger partial charge in [-0.1, -0.05) is 18.2 Å². The fraction of sp³-hybridized carbons (Fsp3) is 0.421. The molecule has 0 saturated carbocycles. The highest BCUT2D eigenvalue weighted by molar-refractivity contribution is 7.16. The Balaban J connectivity index is 1.39. The van der Waals surface area contributed by atoms with Gasteiger partial charge in [0, 0.05) is 23.6 Å². The summed E-state index contributed by atoms with van der Waals surface area (Å²) in [6, 6.07) is 9.04. The summed E-state index contributed by atoms with van der Waals surface area (Å²) in [6.07, 6.45) is 3.80. The molecule has 1 aliphatic heterocycles. The van der Waals surface area contributed by atoms with Crippen LogP contribution in [0.15, 0.2) is 30.3 Å². The first-order chi connectivity index (χ1) is 12.7. The molecule has 2 aliphatic rings. The Morgan fingerprint density at radius 1 is 1.23 bits per heavy atom. The molecule has 2 amide bonds. The van der Waals surface area contributed by atoms with Gasteiger partial charge in [-0.05, 0) is 37.8 Å². The Morgan fingerprint density at radius 2 is 2.08 bits per heavy atom. The molecule has 2 unspecified atom stereocenters. The third kappa shape index (κ3) is 3.64. The van der Waals surface area contributed by atoms with Crippen LogP contribution in [0.5, 0.6) is 0 Å². The molecule has 2 N–H and O–H groups in total. The number of thiazole rings is 1. The van der Waals surface area contributed by atoms with Crippen LogP contribution >= 0.6 is 11.3 Å². The molecule has 1 aromatic carbocycles. The van der Waals surface area contributed by atoms with Crippen LogP contribution in [0.25, 0.3) is 0 Å². The van der Waals surface area contributed by atoms with Gasteiger partial charge in [0.15, 0.2) is 5.13 Å². The number of ether oxygens (including phenoxy) is 1. The van der Waals surface area contributed by atoms with E-state index < -0.39 is 0 Å². The van der Waals surface area contributed by atoms with E-state index in [0.29, 0.717) is 17.2 Å². The van der Waals surface area contributed by atoms with Crippen molar-refractivity contribution in [1.82, 2.24) is 10.3 Å². The number of carbonyl (C=O) groups excluding carboxylic acids is 2. The van der Waals surface area contributed by atoms with Gasteiger partial charge in [-0.15, -0.1) is 11.3 Å². The van der Waals surface area contributed by atoms with E-state index in [1.165, 1.54) is 11.3 Å². The van der Waals surface area contributed by atoms with Gasteiger partial charge in [-0.3, -0.25) is 14.9 Å². The first kappa shape index (κ1) is 17.2. The number of hydrogen-bond acceptors (Lipinski definition) is 5. The summed E-state index contributed by atoms with van der Waals surface area (Å²) in [4.78, 5) is 30.4. The Labute approximate surface area is 156 Å². The molecule has 2 heterocycles. The van der Waals surface area contributed by atoms with Crippen molar-refractivity contribution in [2.24, 2.45) is 0 Å². The maximum Gasteiger partial charge on any atom is 0.257 e. The van der Waals surface area contributed by atoms with Crippen LogP contribution in [0.4, 0.5) is 5.13 Å². The molecule has 0 radical (unpaired) electrons. The standard InChI is InChI=1S/C19H21N3O3S/c23-17(12-5-2-1-3-6-12)22-19-21-16-14(8-9-15(16)26-19)18(24)20-11-13-7-4-10-25-13/h1-3,5-6,13-14H,4,7-11H2,(H,20,24)(H,21,22,23). The molecule has 7 heteroatoms. The lowest BCUT2D eigenvalue weighted by molar-refractivity contribution is -0.123. The number of aromatic nitrogens is 1. The van der Waals surface area contributed by atoms with Crippen LogP contribution < -0.4 is 10.6 Å². The van der Waals surface area contributed by atoms with Crippen LogP contribution in [0.1, 0.15) is 46.1 Å². The smallest absolute Gasteiger partial charge is 0.257 e. The van der Waals surface area contributed by atoms with E-state index in [0.717, 1.165) is 42.9 Å². The molecule has 0 bridgehead atoms. The van der Waals surface area contributed by atoms with Crippen LogP contribution in [0, 0.1) is 0 Å². The molecule has 1 aromatic heterocycles. The van der Waals surface area contributed by atoms with Crippen LogP contribution in [-0.2, 0) is 16.0 Å². The molecule has 2 atom stereocenters. The van der Waals surface area contributed by atoms with Gasteiger partial charge in [-0.2, -0.15) is 0 Å². The van der Waals surface area contributed by atoms with Crippen molar-refractivity contribution in [1.29, 1.82) is 0 Å². The van der Waals surface area contributed by atoms with Crippen molar-refractivity contribution in [3.63, 3.8) is 0 Å². The van der Waals surface area contributed by atoms with E-state index in [2.05, 4.69) is 15.6 Å². The van der Waals surface area contributed by atoms with Gasteiger partial charge in [0.1, 0.15) is 0 Å². The minimum absolute atomic E-state index is 0.00508. The van der Waals surface area contributed by atoms with Gasteiger partial charge < -0.3 is 10.1 Å². The Morgan fingerprint density at radius 3 is 2.85 bits per heavy atom. The van der Waals surface area contributed by atoms with Crippen molar-refractivity contribution in [2.45, 2.75) is 37.7 Å². The second-order valence-corrected chi connectivity index (χ2v) is 7.70. The molecule has 2 aromatic rings. The normalized spacial score (nSPS) is 21.4. The zero-order valence-corrected chi connectivity index (χ0v) is 15.2. The van der Waals surface area contributed by atoms with Crippen LogP contribution in [0.3, 0.4) is 0 Å². The summed E-state index contributed by atoms with van der Waals surface area (Å²) in [5.41, 5.74) is 1.40. The molecule has 4 rings (SSSR count). The lowest BCUT2D eigenvalue weighted by Crippen LogP contribution is -2.34. The number of aryl methyl sites for hydroxylation is 1. The van der Waals surface area contributed by atoms with Gasteiger partial charge >= 0.3 is 0 Å². The topological polar surface area (TPSA) is 80.3 Å². The number of benzene rings is 1. The van der Waals surface area contributed by atoms with E-state index in [4.69, 9.17) is 4.74 Å². The highest BCUT2D eigenvalue weighted by atomic mass is 32.1. The summed E-state index contributed by atoms with van der Waals surface area (Å²) >= 11 is 1.46. The molecule has 6 nitrogen and oxygen atoms in total. The average molecular weight is 371 g/mol. The van der Waals surface area contributed by atoms with Crippen molar-refractivity contribution < 1.29 is 14.3 Å². The summed E-state index contributed by atoms with van der Waals surface area (Å²) < 4.78 is 5.55. The lowest BCUT2D eigenvalue weighted by Gasteiger charge is -2.14. The molecular weight excluding hydrogens is 350 g/mol. The summed E-state index contributed by atoms with van der Waals surface area (Å²) in [5.74, 6) is -0.409. The Kier molecular flexibility index (Phi) is 4.99. The molecule has 1 saturated heterocycles. The van der Waals surface area contributed by atoms with Crippen molar-refractivity contribution in [3.05, 3.63) is 46.5 Å². The molecular formula is C19H21N3O3S. The molecule has 26 heavy (non-hydrogen) atoms. The van der Waals surface area contributed by atoms with Gasteiger partial charge in [0.25, 0.3) is 5.91 Å². The summed E-state index contributed by atoms with van der Waals surface area (Å²) in [6.45, 7) is 1.34. The highest BCUT2D eigenvalue weighted by Gasteiger charge is 2.33. The van der Waals surface area contributed by atoms with E-state index >= 15 is 0 Å². The molecule has 0 spiro atoms. The number of rotatable bonds is 5. The van der Waals surface area contributed by atoms with E-state index in [1.807, 2.05) is 18.2 Å². The number of hydrogen-bond donors (Lipinski definition) is 2. The maximum absolute atomic E-state index is 12.5. The minimum Gasteiger partial charge on any atom is -0.376 e. The van der Waals surface area contributed by atoms with E-state index in [9.17, 15) is 9.59 Å². The van der Waals surface area contributed by atoms with E-state index in [-0.39, 0.29) is 23.8 Å². The monoisotopic (exact) mass is 371 g/mol. The number of nitrogens with zero attached hydrogens (tertiary/aromatic N) is 1. The summed E-state index contributed by atoms with van der Waals surface area (Å²) in [7, 11) is 0. The molecule has 1 fully saturated rings. The first-order valence-corrected chi connectivity index (χ1v) is 9.77. The van der Waals surface area contributed by atoms with Crippen LogP contribution in [0.2, 0.25) is 0 Å². The minimum atomic E-state index is -0.231.